The van der Waals surface area contributed by atoms with Crippen LogP contribution in [0.5, 0.6) is 0 Å². The van der Waals surface area contributed by atoms with Crippen molar-refractivity contribution in [2.45, 2.75) is 12.1 Å². The first kappa shape index (κ1) is 9.63. The third-order valence-electron chi connectivity index (χ3n) is 1.67. The molecule has 0 aliphatic heterocycles. The van der Waals surface area contributed by atoms with Crippen molar-refractivity contribution in [1.82, 2.24) is 4.98 Å². The molecule has 1 aromatic heterocycles. The van der Waals surface area contributed by atoms with Crippen LogP contribution in [-0.4, -0.2) is 27.2 Å². The Labute approximate surface area is 74.8 Å². The highest BCUT2D eigenvalue weighted by molar-refractivity contribution is 5.74. The Kier molecular flexibility index (Phi) is 2.94. The summed E-state index contributed by atoms with van der Waals surface area (Å²) >= 11 is 0. The predicted octanol–water partition coefficient (Wildman–Crippen LogP) is -0.473. The lowest BCUT2D eigenvalue weighted by atomic mass is 10.0. The van der Waals surface area contributed by atoms with Gasteiger partial charge in [-0.3, -0.25) is 9.78 Å². The zero-order valence-corrected chi connectivity index (χ0v) is 6.79. The molecule has 0 radical (unpaired) electrons. The van der Waals surface area contributed by atoms with Crippen molar-refractivity contribution in [2.24, 2.45) is 5.73 Å². The Hall–Kier alpha value is -1.46. The van der Waals surface area contributed by atoms with E-state index in [1.165, 1.54) is 24.5 Å². The summed E-state index contributed by atoms with van der Waals surface area (Å²) in [6.07, 6.45) is 1.74. The number of carbonyl (C=O) groups is 1. The number of aliphatic hydroxyl groups excluding tert-OH is 1. The van der Waals surface area contributed by atoms with E-state index in [0.29, 0.717) is 5.56 Å². The standard InChI is InChI=1S/C8H10N2O3/c9-6(8(12)13)7(11)5-1-3-10-4-2-5/h1-4,6-7,11H,9H2,(H,12,13)/t6-,7+/m0/s1. The normalized spacial score (nSPS) is 14.9. The third kappa shape index (κ3) is 2.24. The van der Waals surface area contributed by atoms with Gasteiger partial charge in [0.05, 0.1) is 0 Å². The van der Waals surface area contributed by atoms with Crippen molar-refractivity contribution in [3.05, 3.63) is 30.1 Å². The van der Waals surface area contributed by atoms with Gasteiger partial charge in [-0.2, -0.15) is 0 Å². The highest BCUT2D eigenvalue weighted by atomic mass is 16.4. The summed E-state index contributed by atoms with van der Waals surface area (Å²) in [5.74, 6) is -1.23. The van der Waals surface area contributed by atoms with Gasteiger partial charge in [0.2, 0.25) is 0 Å². The number of aliphatic carboxylic acids is 1. The minimum absolute atomic E-state index is 0.449. The molecule has 5 heteroatoms. The van der Waals surface area contributed by atoms with E-state index in [1.54, 1.807) is 0 Å². The zero-order valence-electron chi connectivity index (χ0n) is 6.79. The average Bonchev–Trinajstić information content (AvgIpc) is 2.17. The quantitative estimate of drug-likeness (QED) is 0.587. The van der Waals surface area contributed by atoms with Crippen molar-refractivity contribution in [3.63, 3.8) is 0 Å². The topological polar surface area (TPSA) is 96.4 Å². The average molecular weight is 182 g/mol. The second-order valence-electron chi connectivity index (χ2n) is 2.59. The van der Waals surface area contributed by atoms with E-state index in [-0.39, 0.29) is 0 Å². The van der Waals surface area contributed by atoms with Gasteiger partial charge in [0.15, 0.2) is 0 Å². The molecule has 0 spiro atoms. The maximum absolute atomic E-state index is 10.4. The van der Waals surface area contributed by atoms with Gasteiger partial charge in [0.25, 0.3) is 0 Å². The molecule has 0 saturated carbocycles. The first-order valence-electron chi connectivity index (χ1n) is 3.69. The van der Waals surface area contributed by atoms with Crippen LogP contribution in [0.25, 0.3) is 0 Å². The van der Waals surface area contributed by atoms with E-state index >= 15 is 0 Å². The Balaban J connectivity index is 2.79. The van der Waals surface area contributed by atoms with Crippen LogP contribution in [0.4, 0.5) is 0 Å². The van der Waals surface area contributed by atoms with Crippen molar-refractivity contribution < 1.29 is 15.0 Å². The van der Waals surface area contributed by atoms with Gasteiger partial charge in [0.1, 0.15) is 12.1 Å². The molecule has 0 aliphatic rings. The number of pyridine rings is 1. The van der Waals surface area contributed by atoms with E-state index in [1.807, 2.05) is 0 Å². The highest BCUT2D eigenvalue weighted by Crippen LogP contribution is 2.13. The number of aromatic nitrogens is 1. The molecule has 2 atom stereocenters. The molecule has 0 bridgehead atoms. The number of hydrogen-bond acceptors (Lipinski definition) is 4. The van der Waals surface area contributed by atoms with Crippen molar-refractivity contribution >= 4 is 5.97 Å². The molecule has 0 fully saturated rings. The molecule has 4 N–H and O–H groups in total. The molecule has 1 heterocycles. The number of carboxylic acid groups (broad SMARTS) is 1. The Morgan fingerprint density at radius 2 is 2.00 bits per heavy atom. The molecule has 70 valence electrons. The van der Waals surface area contributed by atoms with E-state index < -0.39 is 18.1 Å². The number of carboxylic acids is 1. The maximum atomic E-state index is 10.4. The van der Waals surface area contributed by atoms with Crippen LogP contribution in [0.3, 0.4) is 0 Å². The molecule has 0 aliphatic carbocycles. The Morgan fingerprint density at radius 3 is 2.46 bits per heavy atom. The summed E-state index contributed by atoms with van der Waals surface area (Å²) in [6.45, 7) is 0. The van der Waals surface area contributed by atoms with Gasteiger partial charge in [-0.05, 0) is 17.7 Å². The minimum atomic E-state index is -1.30. The van der Waals surface area contributed by atoms with Crippen LogP contribution in [-0.2, 0) is 4.79 Å². The molecular weight excluding hydrogens is 172 g/mol. The van der Waals surface area contributed by atoms with Gasteiger partial charge in [-0.15, -0.1) is 0 Å². The molecule has 1 rings (SSSR count). The number of aliphatic hydroxyl groups is 1. The summed E-state index contributed by atoms with van der Waals surface area (Å²) in [6, 6.07) is 1.74. The largest absolute Gasteiger partial charge is 0.480 e. The van der Waals surface area contributed by atoms with Crippen LogP contribution in [0.2, 0.25) is 0 Å². The lowest BCUT2D eigenvalue weighted by molar-refractivity contribution is -0.141. The first-order valence-corrected chi connectivity index (χ1v) is 3.69. The van der Waals surface area contributed by atoms with Crippen LogP contribution in [0.15, 0.2) is 24.5 Å². The Morgan fingerprint density at radius 1 is 1.46 bits per heavy atom. The molecule has 0 saturated heterocycles. The van der Waals surface area contributed by atoms with E-state index in [2.05, 4.69) is 4.98 Å². The number of nitrogens with zero attached hydrogens (tertiary/aromatic N) is 1. The lowest BCUT2D eigenvalue weighted by Gasteiger charge is -2.14. The van der Waals surface area contributed by atoms with Crippen LogP contribution in [0.1, 0.15) is 11.7 Å². The maximum Gasteiger partial charge on any atom is 0.323 e. The summed E-state index contributed by atoms with van der Waals surface area (Å²) in [4.78, 5) is 14.1. The smallest absolute Gasteiger partial charge is 0.323 e. The summed E-state index contributed by atoms with van der Waals surface area (Å²) < 4.78 is 0. The number of nitrogens with two attached hydrogens (primary N) is 1. The summed E-state index contributed by atoms with van der Waals surface area (Å²) in [5, 5.41) is 17.9. The van der Waals surface area contributed by atoms with E-state index in [9.17, 15) is 9.90 Å². The zero-order chi connectivity index (χ0) is 9.84. The SMILES string of the molecule is N[C@H](C(=O)O)[C@H](O)c1ccncc1. The molecule has 13 heavy (non-hydrogen) atoms. The lowest BCUT2D eigenvalue weighted by Crippen LogP contribution is -2.36. The second-order valence-corrected chi connectivity index (χ2v) is 2.59. The molecule has 0 amide bonds. The van der Waals surface area contributed by atoms with Crippen LogP contribution in [0, 0.1) is 0 Å². The van der Waals surface area contributed by atoms with Gasteiger partial charge in [-0.1, -0.05) is 0 Å². The van der Waals surface area contributed by atoms with Gasteiger partial charge < -0.3 is 15.9 Å². The fourth-order valence-corrected chi connectivity index (χ4v) is 0.903. The van der Waals surface area contributed by atoms with Gasteiger partial charge >= 0.3 is 5.97 Å². The van der Waals surface area contributed by atoms with E-state index in [0.717, 1.165) is 0 Å². The monoisotopic (exact) mass is 182 g/mol. The summed E-state index contributed by atoms with van der Waals surface area (Å²) in [7, 11) is 0. The number of rotatable bonds is 3. The summed E-state index contributed by atoms with van der Waals surface area (Å²) in [5.41, 5.74) is 5.67. The molecule has 0 aromatic carbocycles. The van der Waals surface area contributed by atoms with Crippen molar-refractivity contribution in [2.75, 3.05) is 0 Å². The fourth-order valence-electron chi connectivity index (χ4n) is 0.903. The molecule has 5 nitrogen and oxygen atoms in total. The molecule has 0 unspecified atom stereocenters. The third-order valence-corrected chi connectivity index (χ3v) is 1.67. The van der Waals surface area contributed by atoms with E-state index in [4.69, 9.17) is 10.8 Å². The first-order chi connectivity index (χ1) is 6.13. The van der Waals surface area contributed by atoms with Crippen molar-refractivity contribution in [3.8, 4) is 0 Å². The fraction of sp³-hybridized carbons (Fsp3) is 0.250. The molecular formula is C8H10N2O3. The Bertz CT molecular complexity index is 289. The minimum Gasteiger partial charge on any atom is -0.480 e. The van der Waals surface area contributed by atoms with Gasteiger partial charge in [-0.25, -0.2) is 0 Å². The van der Waals surface area contributed by atoms with Gasteiger partial charge in [0, 0.05) is 12.4 Å². The predicted molar refractivity (Wildman–Crippen MR) is 44.8 cm³/mol. The number of hydrogen-bond donors (Lipinski definition) is 3. The van der Waals surface area contributed by atoms with Crippen molar-refractivity contribution in [1.29, 1.82) is 0 Å². The van der Waals surface area contributed by atoms with Crippen LogP contribution >= 0.6 is 0 Å². The molecule has 1 aromatic rings. The highest BCUT2D eigenvalue weighted by Gasteiger charge is 2.22. The second kappa shape index (κ2) is 3.97. The van der Waals surface area contributed by atoms with Crippen LogP contribution < -0.4 is 5.73 Å².